The molecule has 2 bridgehead atoms. The molecule has 3 saturated carbocycles. The van der Waals surface area contributed by atoms with E-state index >= 15 is 0 Å². The van der Waals surface area contributed by atoms with E-state index in [0.29, 0.717) is 39.9 Å². The molecule has 1 aromatic carbocycles. The van der Waals surface area contributed by atoms with Crippen molar-refractivity contribution in [3.8, 4) is 0 Å². The molecule has 1 heterocycles. The van der Waals surface area contributed by atoms with E-state index in [1.807, 2.05) is 30.3 Å². The van der Waals surface area contributed by atoms with Gasteiger partial charge in [-0.3, -0.25) is 9.59 Å². The minimum Gasteiger partial charge on any atom is -0.388 e. The van der Waals surface area contributed by atoms with Crippen molar-refractivity contribution in [3.05, 3.63) is 56.9 Å². The summed E-state index contributed by atoms with van der Waals surface area (Å²) in [6.45, 7) is 6.93. The number of carbonyl (C=O) groups excluding carboxylic acids is 1. The second-order valence-electron chi connectivity index (χ2n) is 10.0. The maximum atomic E-state index is 12.8. The summed E-state index contributed by atoms with van der Waals surface area (Å²) in [4.78, 5) is 25.2. The van der Waals surface area contributed by atoms with Crippen LogP contribution in [0, 0.1) is 23.2 Å². The van der Waals surface area contributed by atoms with Crippen LogP contribution in [0.2, 0.25) is 0 Å². The monoisotopic (exact) mass is 501 g/mol. The first-order valence-corrected chi connectivity index (χ1v) is 12.2. The summed E-state index contributed by atoms with van der Waals surface area (Å²) in [6.07, 6.45) is 3.83. The summed E-state index contributed by atoms with van der Waals surface area (Å²) < 4.78 is 1.60. The van der Waals surface area contributed by atoms with Crippen LogP contribution in [0.1, 0.15) is 58.1 Å². The lowest BCUT2D eigenvalue weighted by Crippen LogP contribution is -2.58. The summed E-state index contributed by atoms with van der Waals surface area (Å²) in [7, 11) is 0. The Balaban J connectivity index is 1.36. The second-order valence-corrected chi connectivity index (χ2v) is 10.8. The first-order chi connectivity index (χ1) is 15.2. The van der Waals surface area contributed by atoms with Crippen LogP contribution in [0.4, 0.5) is 5.69 Å². The number of fused-ring (bicyclic) bond motifs is 2. The van der Waals surface area contributed by atoms with Crippen molar-refractivity contribution >= 4 is 27.4 Å². The summed E-state index contributed by atoms with van der Waals surface area (Å²) in [5.41, 5.74) is 1.56. The van der Waals surface area contributed by atoms with E-state index in [1.54, 1.807) is 6.20 Å². The molecule has 172 valence electrons. The van der Waals surface area contributed by atoms with Crippen molar-refractivity contribution in [1.29, 1.82) is 0 Å². The zero-order chi connectivity index (χ0) is 23.0. The zero-order valence-corrected chi connectivity index (χ0v) is 20.5. The molecule has 3 fully saturated rings. The number of carbonyl (C=O) groups is 1. The number of halogens is 1. The predicted molar refractivity (Wildman–Crippen MR) is 128 cm³/mol. The highest BCUT2D eigenvalue weighted by atomic mass is 79.9. The molecule has 32 heavy (non-hydrogen) atoms. The third kappa shape index (κ3) is 4.42. The standard InChI is InChI=1S/C25H32BrN3O3/c1-15-19-11-17(25(19,2)3)12-20(15)28-21-13-27-29(24(32)23(21)26)14-18(30)9-10-22(31)16-7-5-4-6-8-16/h4-8,13,15,17,19-20,22,28,31H,9-12,14H2,1-3H3/t15-,17+,19-,20-,22?/m1/s1. The Bertz CT molecular complexity index is 1040. The van der Waals surface area contributed by atoms with Crippen LogP contribution in [0.15, 0.2) is 45.8 Å². The smallest absolute Gasteiger partial charge is 0.283 e. The van der Waals surface area contributed by atoms with Gasteiger partial charge in [0, 0.05) is 12.5 Å². The van der Waals surface area contributed by atoms with Crippen molar-refractivity contribution < 1.29 is 9.90 Å². The second kappa shape index (κ2) is 9.10. The van der Waals surface area contributed by atoms with Gasteiger partial charge < -0.3 is 10.4 Å². The average molecular weight is 502 g/mol. The molecule has 7 heteroatoms. The fourth-order valence-electron chi connectivity index (χ4n) is 5.60. The molecular weight excluding hydrogens is 470 g/mol. The molecule has 3 aliphatic carbocycles. The maximum absolute atomic E-state index is 12.8. The summed E-state index contributed by atoms with van der Waals surface area (Å²) in [5, 5.41) is 18.0. The fraction of sp³-hybridized carbons (Fsp3) is 0.560. The number of benzene rings is 1. The van der Waals surface area contributed by atoms with Crippen molar-refractivity contribution in [3.63, 3.8) is 0 Å². The van der Waals surface area contributed by atoms with Gasteiger partial charge in [-0.15, -0.1) is 0 Å². The van der Waals surface area contributed by atoms with E-state index in [4.69, 9.17) is 0 Å². The summed E-state index contributed by atoms with van der Waals surface area (Å²) in [5.74, 6) is 1.82. The Labute approximate surface area is 197 Å². The fourth-order valence-corrected chi connectivity index (χ4v) is 6.03. The quantitative estimate of drug-likeness (QED) is 0.553. The van der Waals surface area contributed by atoms with Gasteiger partial charge in [0.15, 0.2) is 5.78 Å². The predicted octanol–water partition coefficient (Wildman–Crippen LogP) is 4.57. The van der Waals surface area contributed by atoms with Gasteiger partial charge in [-0.1, -0.05) is 51.1 Å². The molecule has 5 atom stereocenters. The lowest BCUT2D eigenvalue weighted by Gasteiger charge is -2.62. The zero-order valence-electron chi connectivity index (χ0n) is 18.9. The highest BCUT2D eigenvalue weighted by Gasteiger charge is 2.56. The Morgan fingerprint density at radius 1 is 1.31 bits per heavy atom. The summed E-state index contributed by atoms with van der Waals surface area (Å²) in [6, 6.07) is 9.59. The number of nitrogens with one attached hydrogen (secondary N) is 1. The van der Waals surface area contributed by atoms with Crippen molar-refractivity contribution in [1.82, 2.24) is 9.78 Å². The van der Waals surface area contributed by atoms with Gasteiger partial charge in [-0.25, -0.2) is 4.68 Å². The molecule has 3 aliphatic rings. The van der Waals surface area contributed by atoms with Gasteiger partial charge in [0.25, 0.3) is 5.56 Å². The number of ketones is 1. The van der Waals surface area contributed by atoms with Gasteiger partial charge in [0.05, 0.1) is 18.0 Å². The van der Waals surface area contributed by atoms with E-state index in [0.717, 1.165) is 17.9 Å². The Kier molecular flexibility index (Phi) is 6.59. The first-order valence-electron chi connectivity index (χ1n) is 11.4. The van der Waals surface area contributed by atoms with E-state index in [1.165, 1.54) is 11.1 Å². The lowest BCUT2D eigenvalue weighted by atomic mass is 9.45. The molecule has 1 unspecified atom stereocenters. The third-order valence-electron chi connectivity index (χ3n) is 7.89. The van der Waals surface area contributed by atoms with Gasteiger partial charge in [-0.05, 0) is 63.9 Å². The number of nitrogens with zero attached hydrogens (tertiary/aromatic N) is 2. The molecule has 0 radical (unpaired) electrons. The number of rotatable bonds is 8. The van der Waals surface area contributed by atoms with Crippen LogP contribution >= 0.6 is 15.9 Å². The number of anilines is 1. The highest BCUT2D eigenvalue weighted by molar-refractivity contribution is 9.10. The third-order valence-corrected chi connectivity index (χ3v) is 8.65. The molecular formula is C25H32BrN3O3. The Morgan fingerprint density at radius 3 is 2.69 bits per heavy atom. The summed E-state index contributed by atoms with van der Waals surface area (Å²) >= 11 is 3.42. The first kappa shape index (κ1) is 23.2. The maximum Gasteiger partial charge on any atom is 0.283 e. The van der Waals surface area contributed by atoms with Gasteiger partial charge in [-0.2, -0.15) is 5.10 Å². The topological polar surface area (TPSA) is 84.2 Å². The molecule has 0 spiro atoms. The van der Waals surface area contributed by atoms with E-state index in [2.05, 4.69) is 47.1 Å². The minimum absolute atomic E-state index is 0.0998. The van der Waals surface area contributed by atoms with Crippen molar-refractivity contribution in [2.45, 2.75) is 65.1 Å². The van der Waals surface area contributed by atoms with Crippen LogP contribution in [0.5, 0.6) is 0 Å². The molecule has 0 amide bonds. The molecule has 5 rings (SSSR count). The van der Waals surface area contributed by atoms with Crippen LogP contribution in [-0.2, 0) is 11.3 Å². The molecule has 6 nitrogen and oxygen atoms in total. The van der Waals surface area contributed by atoms with E-state index in [9.17, 15) is 14.7 Å². The largest absolute Gasteiger partial charge is 0.388 e. The lowest BCUT2D eigenvalue weighted by molar-refractivity contribution is -0.120. The molecule has 0 saturated heterocycles. The molecule has 2 N–H and O–H groups in total. The Morgan fingerprint density at radius 2 is 2.03 bits per heavy atom. The number of aliphatic hydroxyl groups is 1. The van der Waals surface area contributed by atoms with Crippen LogP contribution in [0.3, 0.4) is 0 Å². The van der Waals surface area contributed by atoms with E-state index < -0.39 is 6.10 Å². The average Bonchev–Trinajstić information content (AvgIpc) is 2.78. The molecule has 1 aromatic heterocycles. The normalized spacial score (nSPS) is 26.8. The molecule has 2 aromatic rings. The highest BCUT2D eigenvalue weighted by Crippen LogP contribution is 2.61. The number of hydrogen-bond donors (Lipinski definition) is 2. The SMILES string of the molecule is C[C@@H]1[C@H]2C[C@@H](C[C@H]1Nc1cnn(CC(=O)CCC(O)c3ccccc3)c(=O)c1Br)C2(C)C. The number of aromatic nitrogens is 2. The van der Waals surface area contributed by atoms with Crippen LogP contribution in [0.25, 0.3) is 0 Å². The number of hydrogen-bond acceptors (Lipinski definition) is 5. The van der Waals surface area contributed by atoms with Crippen molar-refractivity contribution in [2.75, 3.05) is 5.32 Å². The van der Waals surface area contributed by atoms with Crippen LogP contribution in [-0.4, -0.2) is 26.7 Å². The number of aliphatic hydroxyl groups excluding tert-OH is 1. The number of Topliss-reactive ketones (excluding diaryl/α,β-unsaturated/α-hetero) is 1. The van der Waals surface area contributed by atoms with Crippen molar-refractivity contribution in [2.24, 2.45) is 23.2 Å². The van der Waals surface area contributed by atoms with Crippen LogP contribution < -0.4 is 10.9 Å². The molecule has 0 aliphatic heterocycles. The van der Waals surface area contributed by atoms with Gasteiger partial charge in [0.1, 0.15) is 11.0 Å². The van der Waals surface area contributed by atoms with Gasteiger partial charge >= 0.3 is 0 Å². The van der Waals surface area contributed by atoms with Gasteiger partial charge in [0.2, 0.25) is 0 Å². The minimum atomic E-state index is -0.697. The van der Waals surface area contributed by atoms with E-state index in [-0.39, 0.29) is 24.3 Å². The Hall–Kier alpha value is -1.99.